The van der Waals surface area contributed by atoms with Gasteiger partial charge in [-0.2, -0.15) is 5.10 Å². The van der Waals surface area contributed by atoms with Crippen molar-refractivity contribution in [2.45, 2.75) is 0 Å². The summed E-state index contributed by atoms with van der Waals surface area (Å²) in [5.74, 6) is -2.17. The molecule has 78 valence electrons. The molecular formula is C8H9N5O2. The van der Waals surface area contributed by atoms with Crippen molar-refractivity contribution >= 4 is 17.6 Å². The van der Waals surface area contributed by atoms with Crippen molar-refractivity contribution < 1.29 is 9.59 Å². The maximum absolute atomic E-state index is 10.7. The van der Waals surface area contributed by atoms with Gasteiger partial charge in [-0.05, 0) is 12.1 Å². The van der Waals surface area contributed by atoms with Crippen LogP contribution in [-0.4, -0.2) is 22.6 Å². The number of aromatic nitrogens is 1. The zero-order valence-corrected chi connectivity index (χ0v) is 7.68. The van der Waals surface area contributed by atoms with E-state index in [0.717, 1.165) is 0 Å². The number of hydrogen-bond acceptors (Lipinski definition) is 4. The standard InChI is InChI=1S/C8H9N5O2/c9-6(5-3-1-2-4-11-5)12-13-8(15)7(10)14/h1-4H,(H2,9,12)(H2,10,14)(H,13,15). The highest BCUT2D eigenvalue weighted by molar-refractivity contribution is 6.34. The molecule has 1 rings (SSSR count). The number of hydrogen-bond donors (Lipinski definition) is 3. The van der Waals surface area contributed by atoms with Gasteiger partial charge in [-0.1, -0.05) is 6.07 Å². The first-order valence-electron chi connectivity index (χ1n) is 3.95. The van der Waals surface area contributed by atoms with Crippen LogP contribution in [-0.2, 0) is 9.59 Å². The number of pyridine rings is 1. The highest BCUT2D eigenvalue weighted by Crippen LogP contribution is 1.91. The number of primary amides is 1. The molecule has 7 nitrogen and oxygen atoms in total. The van der Waals surface area contributed by atoms with Crippen LogP contribution in [0.15, 0.2) is 29.5 Å². The van der Waals surface area contributed by atoms with E-state index in [1.807, 2.05) is 5.43 Å². The molecule has 0 aromatic carbocycles. The quantitative estimate of drug-likeness (QED) is 0.231. The fourth-order valence-corrected chi connectivity index (χ4v) is 0.738. The first kappa shape index (κ1) is 10.6. The number of amides is 2. The van der Waals surface area contributed by atoms with E-state index < -0.39 is 11.8 Å². The van der Waals surface area contributed by atoms with Crippen LogP contribution in [0.1, 0.15) is 5.69 Å². The number of nitrogens with one attached hydrogen (secondary N) is 1. The Morgan fingerprint density at radius 1 is 1.33 bits per heavy atom. The van der Waals surface area contributed by atoms with E-state index in [4.69, 9.17) is 5.73 Å². The van der Waals surface area contributed by atoms with Crippen LogP contribution in [0.4, 0.5) is 0 Å². The molecule has 0 bridgehead atoms. The highest BCUT2D eigenvalue weighted by atomic mass is 16.2. The number of rotatable bonds is 2. The molecule has 0 unspecified atom stereocenters. The van der Waals surface area contributed by atoms with E-state index >= 15 is 0 Å². The molecule has 0 aliphatic carbocycles. The minimum atomic E-state index is -1.13. The Bertz CT molecular complexity index is 401. The summed E-state index contributed by atoms with van der Waals surface area (Å²) in [6.07, 6.45) is 1.52. The van der Waals surface area contributed by atoms with E-state index in [2.05, 4.69) is 15.8 Å². The van der Waals surface area contributed by atoms with Crippen molar-refractivity contribution in [1.82, 2.24) is 10.4 Å². The molecule has 0 spiro atoms. The Labute approximate surface area is 85.2 Å². The molecule has 0 fully saturated rings. The summed E-state index contributed by atoms with van der Waals surface area (Å²) in [5, 5.41) is 3.45. The van der Waals surface area contributed by atoms with Crippen LogP contribution in [0.25, 0.3) is 0 Å². The SMILES string of the molecule is NC(=O)C(=O)NN=C(N)c1ccccn1. The number of carbonyl (C=O) groups is 2. The minimum absolute atomic E-state index is 0.00907. The lowest BCUT2D eigenvalue weighted by molar-refractivity contribution is -0.137. The molecule has 0 atom stereocenters. The van der Waals surface area contributed by atoms with Gasteiger partial charge in [-0.15, -0.1) is 0 Å². The van der Waals surface area contributed by atoms with E-state index in [1.165, 1.54) is 6.20 Å². The molecule has 0 radical (unpaired) electrons. The second-order valence-corrected chi connectivity index (χ2v) is 2.52. The molecule has 1 heterocycles. The van der Waals surface area contributed by atoms with Crippen molar-refractivity contribution in [2.24, 2.45) is 16.6 Å². The molecule has 2 amide bonds. The van der Waals surface area contributed by atoms with E-state index in [0.29, 0.717) is 5.69 Å². The normalized spacial score (nSPS) is 10.8. The summed E-state index contributed by atoms with van der Waals surface area (Å²) in [7, 11) is 0. The second kappa shape index (κ2) is 4.70. The van der Waals surface area contributed by atoms with Crippen LogP contribution in [0.5, 0.6) is 0 Å². The molecule has 0 saturated carbocycles. The first-order chi connectivity index (χ1) is 7.11. The van der Waals surface area contributed by atoms with Crippen molar-refractivity contribution in [2.75, 3.05) is 0 Å². The highest BCUT2D eigenvalue weighted by Gasteiger charge is 2.07. The van der Waals surface area contributed by atoms with Crippen LogP contribution in [0.3, 0.4) is 0 Å². The summed E-state index contributed by atoms with van der Waals surface area (Å²) in [4.78, 5) is 24.9. The van der Waals surface area contributed by atoms with Crippen LogP contribution < -0.4 is 16.9 Å². The number of amidine groups is 1. The topological polar surface area (TPSA) is 123 Å². The van der Waals surface area contributed by atoms with E-state index in [9.17, 15) is 9.59 Å². The molecule has 7 heteroatoms. The molecule has 15 heavy (non-hydrogen) atoms. The Balaban J connectivity index is 2.69. The number of nitrogens with two attached hydrogens (primary N) is 2. The van der Waals surface area contributed by atoms with Crippen molar-refractivity contribution in [1.29, 1.82) is 0 Å². The fourth-order valence-electron chi connectivity index (χ4n) is 0.738. The van der Waals surface area contributed by atoms with Gasteiger partial charge in [-0.25, -0.2) is 5.43 Å². The average molecular weight is 207 g/mol. The predicted molar refractivity (Wildman–Crippen MR) is 52.3 cm³/mol. The average Bonchev–Trinajstić information content (AvgIpc) is 2.26. The summed E-state index contributed by atoms with van der Waals surface area (Å²) < 4.78 is 0. The summed E-state index contributed by atoms with van der Waals surface area (Å²) in [5.41, 5.74) is 12.4. The molecule has 0 aliphatic heterocycles. The van der Waals surface area contributed by atoms with Crippen molar-refractivity contribution in [3.8, 4) is 0 Å². The van der Waals surface area contributed by atoms with Gasteiger partial charge < -0.3 is 11.5 Å². The molecule has 0 saturated heterocycles. The van der Waals surface area contributed by atoms with Crippen LogP contribution >= 0.6 is 0 Å². The fraction of sp³-hybridized carbons (Fsp3) is 0. The third kappa shape index (κ3) is 3.07. The van der Waals surface area contributed by atoms with E-state index in [1.54, 1.807) is 18.2 Å². The zero-order chi connectivity index (χ0) is 11.3. The van der Waals surface area contributed by atoms with Crippen LogP contribution in [0.2, 0.25) is 0 Å². The Kier molecular flexibility index (Phi) is 3.33. The largest absolute Gasteiger partial charge is 0.380 e. The van der Waals surface area contributed by atoms with Crippen molar-refractivity contribution in [3.05, 3.63) is 30.1 Å². The summed E-state index contributed by atoms with van der Waals surface area (Å²) in [6.45, 7) is 0. The number of carbonyl (C=O) groups excluding carboxylic acids is 2. The van der Waals surface area contributed by atoms with Crippen LogP contribution in [0, 0.1) is 0 Å². The van der Waals surface area contributed by atoms with Gasteiger partial charge in [0, 0.05) is 6.20 Å². The van der Waals surface area contributed by atoms with Gasteiger partial charge >= 0.3 is 11.8 Å². The number of nitrogens with zero attached hydrogens (tertiary/aromatic N) is 2. The Hall–Kier alpha value is -2.44. The first-order valence-corrected chi connectivity index (χ1v) is 3.95. The maximum atomic E-state index is 10.7. The maximum Gasteiger partial charge on any atom is 0.329 e. The summed E-state index contributed by atoms with van der Waals surface area (Å²) in [6, 6.07) is 5.02. The summed E-state index contributed by atoms with van der Waals surface area (Å²) >= 11 is 0. The Morgan fingerprint density at radius 3 is 2.60 bits per heavy atom. The molecule has 1 aromatic rings. The van der Waals surface area contributed by atoms with Gasteiger partial charge in [-0.3, -0.25) is 14.6 Å². The third-order valence-electron chi connectivity index (χ3n) is 1.43. The second-order valence-electron chi connectivity index (χ2n) is 2.52. The lowest BCUT2D eigenvalue weighted by Crippen LogP contribution is -2.34. The Morgan fingerprint density at radius 2 is 2.07 bits per heavy atom. The van der Waals surface area contributed by atoms with Gasteiger partial charge in [0.05, 0.1) is 0 Å². The molecule has 0 aliphatic rings. The van der Waals surface area contributed by atoms with Gasteiger partial charge in [0.2, 0.25) is 0 Å². The molecule has 1 aromatic heterocycles. The number of hydrazone groups is 1. The lowest BCUT2D eigenvalue weighted by atomic mass is 10.3. The van der Waals surface area contributed by atoms with E-state index in [-0.39, 0.29) is 5.84 Å². The third-order valence-corrected chi connectivity index (χ3v) is 1.43. The van der Waals surface area contributed by atoms with Crippen molar-refractivity contribution in [3.63, 3.8) is 0 Å². The zero-order valence-electron chi connectivity index (χ0n) is 7.68. The van der Waals surface area contributed by atoms with Gasteiger partial charge in [0.1, 0.15) is 5.69 Å². The smallest absolute Gasteiger partial charge is 0.329 e. The minimum Gasteiger partial charge on any atom is -0.380 e. The molecule has 5 N–H and O–H groups in total. The monoisotopic (exact) mass is 207 g/mol. The van der Waals surface area contributed by atoms with Gasteiger partial charge in [0.25, 0.3) is 0 Å². The van der Waals surface area contributed by atoms with Gasteiger partial charge in [0.15, 0.2) is 5.84 Å². The predicted octanol–water partition coefficient (Wildman–Crippen LogP) is -1.70. The molecular weight excluding hydrogens is 198 g/mol. The lowest BCUT2D eigenvalue weighted by Gasteiger charge is -1.99.